The van der Waals surface area contributed by atoms with E-state index in [1.807, 2.05) is 6.20 Å². The van der Waals surface area contributed by atoms with Gasteiger partial charge in [-0.3, -0.25) is 9.59 Å². The van der Waals surface area contributed by atoms with E-state index >= 15 is 0 Å². The summed E-state index contributed by atoms with van der Waals surface area (Å²) in [6.45, 7) is 11.2. The van der Waals surface area contributed by atoms with Gasteiger partial charge < -0.3 is 45.7 Å². The van der Waals surface area contributed by atoms with Crippen molar-refractivity contribution in [1.82, 2.24) is 16.0 Å². The molecule has 8 fully saturated rings. The highest BCUT2D eigenvalue weighted by Gasteiger charge is 2.64. The highest BCUT2D eigenvalue weighted by Crippen LogP contribution is 2.70. The number of carbonyl (C=O) groups excluding carboxylic acids is 2. The first-order valence-electron chi connectivity index (χ1n) is 27.1. The van der Waals surface area contributed by atoms with Gasteiger partial charge in [-0.25, -0.2) is 4.21 Å². The van der Waals surface area contributed by atoms with Gasteiger partial charge in [0.05, 0.1) is 36.4 Å². The Bertz CT molecular complexity index is 1780. The molecule has 9 N–H and O–H groups in total. The van der Waals surface area contributed by atoms with Gasteiger partial charge in [-0.2, -0.15) is 0 Å². The fourth-order valence-electron chi connectivity index (χ4n) is 18.1. The van der Waals surface area contributed by atoms with Gasteiger partial charge in [0.2, 0.25) is 11.8 Å². The molecule has 8 saturated carbocycles. The average Bonchev–Trinajstić information content (AvgIpc) is 3.81. The largest absolute Gasteiger partial charge is 0.399 e. The van der Waals surface area contributed by atoms with Crippen LogP contribution in [0.2, 0.25) is 0 Å². The van der Waals surface area contributed by atoms with E-state index in [-0.39, 0.29) is 64.1 Å². The standard InChI is InChI=1S/C53H90N4O8S2/c1-50-21-17-42-48(40(50)13-11-34(50)8-6-10-47(61)56-24-26-67(63)64)44(58)29-35-27-38(15-19-52(35,42)3)57-31-37(54)32-65-39-16-20-53(4)36(28-39)30-45(59)49-41-14-12-33(51(41,2)22-18-43(49)53)7-5-9-46(60)55-23-25-66-62/h31,33-36,38-45,48-49,57-59,62H,5-30,32,54H2,1-4H3,(H,55,60)(H,56,61)(H,63,64)/b37-31-/t33-,34+,35?,36?,38+,39-,40-,41+,42-,43+,44+,45-,48?,49?,50-,51+,52+,53-/m1/s1. The van der Waals surface area contributed by atoms with Crippen LogP contribution < -0.4 is 21.7 Å². The van der Waals surface area contributed by atoms with Crippen LogP contribution in [0.15, 0.2) is 11.9 Å². The molecular weight excluding hydrogens is 885 g/mol. The molecule has 8 aliphatic rings. The van der Waals surface area contributed by atoms with Gasteiger partial charge in [-0.1, -0.05) is 27.7 Å². The molecule has 382 valence electrons. The molecule has 8 rings (SSSR count). The first-order valence-corrected chi connectivity index (χ1v) is 29.3. The number of hydrogen-bond acceptors (Lipinski definition) is 10. The summed E-state index contributed by atoms with van der Waals surface area (Å²) >= 11 is -1.12. The minimum Gasteiger partial charge on any atom is -0.399 e. The summed E-state index contributed by atoms with van der Waals surface area (Å²) in [4.78, 5) is 24.7. The van der Waals surface area contributed by atoms with E-state index in [0.717, 1.165) is 88.4 Å². The molecule has 12 nitrogen and oxygen atoms in total. The van der Waals surface area contributed by atoms with Crippen LogP contribution in [0.25, 0.3) is 0 Å². The minimum absolute atomic E-state index is 0.0332. The third kappa shape index (κ3) is 10.7. The highest BCUT2D eigenvalue weighted by atomic mass is 32.2. The van der Waals surface area contributed by atoms with Gasteiger partial charge in [0.25, 0.3) is 0 Å². The fourth-order valence-corrected chi connectivity index (χ4v) is 18.5. The first kappa shape index (κ1) is 51.9. The van der Waals surface area contributed by atoms with Crippen molar-refractivity contribution < 1.29 is 37.9 Å². The molecule has 67 heavy (non-hydrogen) atoms. The molecule has 0 spiro atoms. The van der Waals surface area contributed by atoms with Gasteiger partial charge in [-0.05, 0) is 221 Å². The monoisotopic (exact) mass is 975 g/mol. The summed E-state index contributed by atoms with van der Waals surface area (Å²) in [6.07, 6.45) is 24.3. The molecule has 0 saturated heterocycles. The third-order valence-electron chi connectivity index (χ3n) is 21.7. The summed E-state index contributed by atoms with van der Waals surface area (Å²) < 4.78 is 35.5. The second-order valence-electron chi connectivity index (χ2n) is 24.6. The van der Waals surface area contributed by atoms with Crippen molar-refractivity contribution in [3.63, 3.8) is 0 Å². The molecule has 8 aliphatic carbocycles. The minimum atomic E-state index is -1.89. The van der Waals surface area contributed by atoms with Gasteiger partial charge in [0, 0.05) is 43.9 Å². The van der Waals surface area contributed by atoms with Gasteiger partial charge >= 0.3 is 0 Å². The summed E-state index contributed by atoms with van der Waals surface area (Å²) in [6, 6.07) is 0.335. The molecule has 5 unspecified atom stereocenters. The number of ether oxygens (including phenoxy) is 1. The number of nitrogens with one attached hydrogen (secondary N) is 3. The van der Waals surface area contributed by atoms with Crippen molar-refractivity contribution in [3.8, 4) is 0 Å². The average molecular weight is 975 g/mol. The molecule has 0 bridgehead atoms. The Kier molecular flexibility index (Phi) is 16.8. The normalized spacial score (nSPS) is 45.0. The van der Waals surface area contributed by atoms with Crippen molar-refractivity contribution in [2.24, 2.45) is 86.6 Å². The van der Waals surface area contributed by atoms with Crippen LogP contribution in [0, 0.1) is 80.8 Å². The number of carbonyl (C=O) groups is 2. The molecular formula is C53H90N4O8S2. The van der Waals surface area contributed by atoms with Gasteiger partial charge in [0.1, 0.15) is 0 Å². The number of rotatable bonds is 19. The zero-order valence-electron chi connectivity index (χ0n) is 41.6. The zero-order valence-corrected chi connectivity index (χ0v) is 43.2. The Balaban J connectivity index is 0.775. The molecule has 2 amide bonds. The molecule has 0 aromatic heterocycles. The van der Waals surface area contributed by atoms with Crippen LogP contribution in [0.4, 0.5) is 0 Å². The smallest absolute Gasteiger partial charge is 0.220 e. The number of fused-ring (bicyclic) bond motifs is 10. The Hall–Kier alpha value is -1.42. The van der Waals surface area contributed by atoms with E-state index in [9.17, 15) is 24.0 Å². The maximum atomic E-state index is 12.4. The molecule has 0 aromatic rings. The van der Waals surface area contributed by atoms with Gasteiger partial charge in [-0.15, -0.1) is 0 Å². The van der Waals surface area contributed by atoms with Crippen LogP contribution in [-0.2, 0) is 25.4 Å². The predicted octanol–water partition coefficient (Wildman–Crippen LogP) is 8.39. The van der Waals surface area contributed by atoms with Crippen molar-refractivity contribution in [3.05, 3.63) is 11.9 Å². The van der Waals surface area contributed by atoms with Crippen LogP contribution in [0.3, 0.4) is 0 Å². The summed E-state index contributed by atoms with van der Waals surface area (Å²) in [7, 11) is 0. The Morgan fingerprint density at radius 3 is 1.76 bits per heavy atom. The molecule has 0 aromatic carbocycles. The van der Waals surface area contributed by atoms with Crippen molar-refractivity contribution >= 4 is 34.9 Å². The first-order chi connectivity index (χ1) is 32.0. The van der Waals surface area contributed by atoms with E-state index in [1.165, 1.54) is 57.8 Å². The molecule has 0 heterocycles. The van der Waals surface area contributed by atoms with Crippen LogP contribution in [0.1, 0.15) is 169 Å². The lowest BCUT2D eigenvalue weighted by Gasteiger charge is -2.62. The second kappa shape index (κ2) is 21.7. The fraction of sp³-hybridized carbons (Fsp3) is 0.925. The SMILES string of the molecule is C[C@@]12CC[C@H]3C([C@H](O)CC4C[C@H](OC/C(N)=C/N[C@H]5CC[C@@]6(C)C(C5)C[C@H](O)C5[C@H]7CC[C@H](CCCC(=O)NCCS(=O)O)[C@@]7(C)CC[C@H]56)CC[C@]43C)[C@@H]1CC[C@H]2CCCC(=O)NCCSO. The second-order valence-corrected chi connectivity index (χ2v) is 26.4. The lowest BCUT2D eigenvalue weighted by molar-refractivity contribution is -0.176. The van der Waals surface area contributed by atoms with Crippen LogP contribution in [-0.4, -0.2) is 90.9 Å². The van der Waals surface area contributed by atoms with E-state index < -0.39 is 11.1 Å². The number of amides is 2. The predicted molar refractivity (Wildman–Crippen MR) is 267 cm³/mol. The Morgan fingerprint density at radius 1 is 0.701 bits per heavy atom. The lowest BCUT2D eigenvalue weighted by Crippen LogP contribution is -2.59. The van der Waals surface area contributed by atoms with Crippen molar-refractivity contribution in [1.29, 1.82) is 0 Å². The molecule has 0 aliphatic heterocycles. The number of aliphatic hydroxyl groups is 2. The van der Waals surface area contributed by atoms with E-state index in [0.29, 0.717) is 97.0 Å². The highest BCUT2D eigenvalue weighted by molar-refractivity contribution is 7.93. The summed E-state index contributed by atoms with van der Waals surface area (Å²) in [5.74, 6) is 5.66. The van der Waals surface area contributed by atoms with E-state index in [4.69, 9.17) is 19.6 Å². The maximum Gasteiger partial charge on any atom is 0.220 e. The van der Waals surface area contributed by atoms with E-state index in [2.05, 4.69) is 43.6 Å². The van der Waals surface area contributed by atoms with Crippen LogP contribution in [0.5, 0.6) is 0 Å². The van der Waals surface area contributed by atoms with Crippen molar-refractivity contribution in [2.45, 2.75) is 193 Å². The Morgan fingerprint density at radius 2 is 1.21 bits per heavy atom. The van der Waals surface area contributed by atoms with Crippen LogP contribution >= 0.6 is 12.0 Å². The quantitative estimate of drug-likeness (QED) is 0.0351. The zero-order chi connectivity index (χ0) is 47.7. The number of hydrogen-bond donors (Lipinski definition) is 8. The lowest BCUT2D eigenvalue weighted by atomic mass is 9.44. The molecule has 19 atom stereocenters. The van der Waals surface area contributed by atoms with Crippen molar-refractivity contribution in [2.75, 3.05) is 31.2 Å². The maximum absolute atomic E-state index is 12.4. The molecule has 0 radical (unpaired) electrons. The number of nitrogens with two attached hydrogens (primary N) is 1. The topological polar surface area (TPSA) is 203 Å². The Labute approximate surface area is 409 Å². The van der Waals surface area contributed by atoms with E-state index in [1.54, 1.807) is 0 Å². The third-order valence-corrected chi connectivity index (χ3v) is 22.7. The summed E-state index contributed by atoms with van der Waals surface area (Å²) in [5, 5.41) is 33.3. The number of aliphatic hydroxyl groups excluding tert-OH is 2. The van der Waals surface area contributed by atoms with Gasteiger partial charge in [0.15, 0.2) is 11.1 Å². The molecule has 14 heteroatoms. The summed E-state index contributed by atoms with van der Waals surface area (Å²) in [5.41, 5.74) is 8.30.